The number of ketones is 1. The van der Waals surface area contributed by atoms with Crippen molar-refractivity contribution in [2.24, 2.45) is 0 Å². The standard InChI is InChI=1S/C19H15ClFNO4/c1-12(23)14-4-6-15(7-5-14)22-18(24)11-26-19(25)9-3-13-2-8-17(21)16(20)10-13/h2-10H,11H2,1H3,(H,22,24)/b9-3+. The van der Waals surface area contributed by atoms with Crippen molar-refractivity contribution in [3.8, 4) is 0 Å². The van der Waals surface area contributed by atoms with E-state index in [0.717, 1.165) is 6.08 Å². The molecule has 134 valence electrons. The Morgan fingerprint density at radius 2 is 1.85 bits per heavy atom. The van der Waals surface area contributed by atoms with E-state index < -0.39 is 24.3 Å². The van der Waals surface area contributed by atoms with Gasteiger partial charge in [-0.25, -0.2) is 9.18 Å². The normalized spacial score (nSPS) is 10.6. The number of hydrogen-bond donors (Lipinski definition) is 1. The number of anilines is 1. The summed E-state index contributed by atoms with van der Waals surface area (Å²) in [6.07, 6.45) is 2.50. The van der Waals surface area contributed by atoms with Crippen molar-refractivity contribution in [2.45, 2.75) is 6.92 Å². The third kappa shape index (κ3) is 5.82. The molecule has 0 spiro atoms. The van der Waals surface area contributed by atoms with Crippen LogP contribution in [0.2, 0.25) is 5.02 Å². The summed E-state index contributed by atoms with van der Waals surface area (Å²) in [6, 6.07) is 10.3. The Morgan fingerprint density at radius 3 is 2.46 bits per heavy atom. The fourth-order valence-electron chi connectivity index (χ4n) is 1.95. The van der Waals surface area contributed by atoms with Crippen molar-refractivity contribution in [1.29, 1.82) is 0 Å². The number of benzene rings is 2. The average Bonchev–Trinajstić information content (AvgIpc) is 2.61. The van der Waals surface area contributed by atoms with E-state index in [1.807, 2.05) is 0 Å². The van der Waals surface area contributed by atoms with Crippen LogP contribution in [0.5, 0.6) is 0 Å². The fourth-order valence-corrected chi connectivity index (χ4v) is 2.14. The second-order valence-electron chi connectivity index (χ2n) is 5.30. The molecule has 2 aromatic carbocycles. The van der Waals surface area contributed by atoms with E-state index >= 15 is 0 Å². The first kappa shape index (κ1) is 19.3. The highest BCUT2D eigenvalue weighted by Gasteiger charge is 2.07. The number of carbonyl (C=O) groups is 3. The summed E-state index contributed by atoms with van der Waals surface area (Å²) in [4.78, 5) is 34.5. The number of ether oxygens (including phenoxy) is 1. The predicted octanol–water partition coefficient (Wildman–Crippen LogP) is 3.88. The molecule has 0 unspecified atom stereocenters. The van der Waals surface area contributed by atoms with Gasteiger partial charge >= 0.3 is 5.97 Å². The third-order valence-corrected chi connectivity index (χ3v) is 3.57. The summed E-state index contributed by atoms with van der Waals surface area (Å²) < 4.78 is 17.9. The summed E-state index contributed by atoms with van der Waals surface area (Å²) in [6.45, 7) is 0.974. The van der Waals surface area contributed by atoms with Crippen LogP contribution in [0.1, 0.15) is 22.8 Å². The molecule has 26 heavy (non-hydrogen) atoms. The number of carbonyl (C=O) groups excluding carboxylic acids is 3. The second-order valence-corrected chi connectivity index (χ2v) is 5.70. The molecule has 0 aliphatic heterocycles. The maximum Gasteiger partial charge on any atom is 0.331 e. The topological polar surface area (TPSA) is 72.5 Å². The molecule has 1 N–H and O–H groups in total. The Kier molecular flexibility index (Phi) is 6.63. The van der Waals surface area contributed by atoms with E-state index in [1.54, 1.807) is 24.3 Å². The molecule has 0 heterocycles. The molecule has 1 amide bonds. The fraction of sp³-hybridized carbons (Fsp3) is 0.105. The van der Waals surface area contributed by atoms with E-state index in [1.165, 1.54) is 31.2 Å². The van der Waals surface area contributed by atoms with Gasteiger partial charge in [0, 0.05) is 17.3 Å². The van der Waals surface area contributed by atoms with Crippen molar-refractivity contribution in [3.63, 3.8) is 0 Å². The van der Waals surface area contributed by atoms with Crippen LogP contribution < -0.4 is 5.32 Å². The minimum atomic E-state index is -0.729. The lowest BCUT2D eigenvalue weighted by atomic mass is 10.1. The number of amides is 1. The molecule has 0 aliphatic rings. The molecular weight excluding hydrogens is 361 g/mol. The Hall–Kier alpha value is -2.99. The minimum absolute atomic E-state index is 0.0595. The van der Waals surface area contributed by atoms with Crippen molar-refractivity contribution in [1.82, 2.24) is 0 Å². The van der Waals surface area contributed by atoms with Crippen LogP contribution in [0.25, 0.3) is 6.08 Å². The van der Waals surface area contributed by atoms with E-state index in [2.05, 4.69) is 5.32 Å². The van der Waals surface area contributed by atoms with E-state index in [-0.39, 0.29) is 10.8 Å². The number of hydrogen-bond acceptors (Lipinski definition) is 4. The van der Waals surface area contributed by atoms with E-state index in [4.69, 9.17) is 16.3 Å². The maximum absolute atomic E-state index is 13.0. The molecule has 0 fully saturated rings. The zero-order valence-corrected chi connectivity index (χ0v) is 14.5. The number of Topliss-reactive ketones (excluding diaryl/α,β-unsaturated/α-hetero) is 1. The van der Waals surface area contributed by atoms with Crippen molar-refractivity contribution in [3.05, 3.63) is 70.5 Å². The van der Waals surface area contributed by atoms with Gasteiger partial charge in [-0.05, 0) is 55.0 Å². The molecule has 0 radical (unpaired) electrons. The molecule has 0 atom stereocenters. The van der Waals surface area contributed by atoms with Gasteiger partial charge in [-0.15, -0.1) is 0 Å². The summed E-state index contributed by atoms with van der Waals surface area (Å²) in [5.41, 5.74) is 1.52. The van der Waals surface area contributed by atoms with Crippen LogP contribution >= 0.6 is 11.6 Å². The smallest absolute Gasteiger partial charge is 0.331 e. The van der Waals surface area contributed by atoms with Gasteiger partial charge in [0.05, 0.1) is 5.02 Å². The molecule has 5 nitrogen and oxygen atoms in total. The predicted molar refractivity (Wildman–Crippen MR) is 96.5 cm³/mol. The summed E-state index contributed by atoms with van der Waals surface area (Å²) in [7, 11) is 0. The zero-order valence-electron chi connectivity index (χ0n) is 13.8. The summed E-state index contributed by atoms with van der Waals surface area (Å²) in [5, 5.41) is 2.48. The SMILES string of the molecule is CC(=O)c1ccc(NC(=O)COC(=O)/C=C/c2ccc(F)c(Cl)c2)cc1. The Morgan fingerprint density at radius 1 is 1.15 bits per heavy atom. The number of halogens is 2. The quantitative estimate of drug-likeness (QED) is 0.472. The van der Waals surface area contributed by atoms with Gasteiger partial charge in [0.1, 0.15) is 5.82 Å². The van der Waals surface area contributed by atoms with Crippen LogP contribution in [-0.4, -0.2) is 24.3 Å². The van der Waals surface area contributed by atoms with Gasteiger partial charge in [0.15, 0.2) is 12.4 Å². The average molecular weight is 376 g/mol. The molecule has 2 rings (SSSR count). The van der Waals surface area contributed by atoms with Gasteiger partial charge in [-0.3, -0.25) is 9.59 Å². The lowest BCUT2D eigenvalue weighted by Crippen LogP contribution is -2.20. The van der Waals surface area contributed by atoms with Crippen molar-refractivity contribution >= 4 is 41.0 Å². The first-order valence-electron chi connectivity index (χ1n) is 7.56. The van der Waals surface area contributed by atoms with Crippen molar-refractivity contribution in [2.75, 3.05) is 11.9 Å². The van der Waals surface area contributed by atoms with Crippen LogP contribution in [0, 0.1) is 5.82 Å². The van der Waals surface area contributed by atoms with Crippen LogP contribution in [0.15, 0.2) is 48.5 Å². The van der Waals surface area contributed by atoms with E-state index in [9.17, 15) is 18.8 Å². The van der Waals surface area contributed by atoms with Crippen molar-refractivity contribution < 1.29 is 23.5 Å². The van der Waals surface area contributed by atoms with Gasteiger partial charge in [0.2, 0.25) is 0 Å². The number of nitrogens with one attached hydrogen (secondary N) is 1. The molecular formula is C19H15ClFNO4. The summed E-state index contributed by atoms with van der Waals surface area (Å²) >= 11 is 5.64. The van der Waals surface area contributed by atoms with Crippen LogP contribution in [0.3, 0.4) is 0 Å². The highest BCUT2D eigenvalue weighted by Crippen LogP contribution is 2.16. The summed E-state index contributed by atoms with van der Waals surface area (Å²) in [5.74, 6) is -1.88. The first-order valence-corrected chi connectivity index (χ1v) is 7.93. The molecule has 0 aliphatic carbocycles. The molecule has 7 heteroatoms. The lowest BCUT2D eigenvalue weighted by molar-refractivity contribution is -0.142. The van der Waals surface area contributed by atoms with Crippen LogP contribution in [-0.2, 0) is 14.3 Å². The Balaban J connectivity index is 1.82. The van der Waals surface area contributed by atoms with Gasteiger partial charge < -0.3 is 10.1 Å². The number of rotatable bonds is 6. The number of esters is 1. The molecule has 2 aromatic rings. The monoisotopic (exact) mass is 375 g/mol. The van der Waals surface area contributed by atoms with Gasteiger partial charge in [-0.2, -0.15) is 0 Å². The molecule has 0 bridgehead atoms. The van der Waals surface area contributed by atoms with Gasteiger partial charge in [-0.1, -0.05) is 17.7 Å². The maximum atomic E-state index is 13.0. The van der Waals surface area contributed by atoms with E-state index in [0.29, 0.717) is 16.8 Å². The zero-order chi connectivity index (χ0) is 19.1. The largest absolute Gasteiger partial charge is 0.452 e. The van der Waals surface area contributed by atoms with Gasteiger partial charge in [0.25, 0.3) is 5.91 Å². The Labute approximate surface area is 154 Å². The molecule has 0 aromatic heterocycles. The highest BCUT2D eigenvalue weighted by molar-refractivity contribution is 6.30. The second kappa shape index (κ2) is 8.92. The third-order valence-electron chi connectivity index (χ3n) is 3.28. The minimum Gasteiger partial charge on any atom is -0.452 e. The molecule has 0 saturated heterocycles. The Bertz CT molecular complexity index is 862. The molecule has 0 saturated carbocycles. The first-order chi connectivity index (χ1) is 12.3. The highest BCUT2D eigenvalue weighted by atomic mass is 35.5. The lowest BCUT2D eigenvalue weighted by Gasteiger charge is -2.06. The van der Waals surface area contributed by atoms with Crippen LogP contribution in [0.4, 0.5) is 10.1 Å².